The molecule has 1 amide bonds. The first-order valence-electron chi connectivity index (χ1n) is 8.27. The average molecular weight is 399 g/mol. The van der Waals surface area contributed by atoms with E-state index in [1.165, 1.54) is 23.5 Å². The molecule has 0 aliphatic carbocycles. The molecule has 3 aromatic rings. The number of carbonyl (C=O) groups excluding carboxylic acids is 1. The summed E-state index contributed by atoms with van der Waals surface area (Å²) in [5, 5.41) is 6.28. The van der Waals surface area contributed by atoms with Crippen LogP contribution in [0, 0.1) is 6.92 Å². The minimum atomic E-state index is -3.92. The fourth-order valence-corrected chi connectivity index (χ4v) is 4.71. The molecule has 0 bridgehead atoms. The number of aryl methyl sites for hydroxylation is 1. The summed E-state index contributed by atoms with van der Waals surface area (Å²) in [4.78, 5) is 16.4. The largest absolute Gasteiger partial charge is 0.359 e. The number of rotatable bonds is 4. The van der Waals surface area contributed by atoms with Crippen molar-refractivity contribution in [2.75, 3.05) is 5.32 Å². The highest BCUT2D eigenvalue weighted by molar-refractivity contribution is 7.89. The Morgan fingerprint density at radius 2 is 1.78 bits per heavy atom. The first-order valence-corrected chi connectivity index (χ1v) is 10.6. The number of hydrogen-bond donors (Lipinski definition) is 2. The van der Waals surface area contributed by atoms with Gasteiger partial charge < -0.3 is 5.32 Å². The molecule has 27 heavy (non-hydrogen) atoms. The van der Waals surface area contributed by atoms with Crippen molar-refractivity contribution in [3.8, 4) is 0 Å². The van der Waals surface area contributed by atoms with Crippen LogP contribution < -0.4 is 10.1 Å². The summed E-state index contributed by atoms with van der Waals surface area (Å²) >= 11 is 1.44. The van der Waals surface area contributed by atoms with Crippen LogP contribution in [0.4, 0.5) is 5.69 Å². The van der Waals surface area contributed by atoms with Crippen molar-refractivity contribution in [1.29, 1.82) is 0 Å². The zero-order valence-corrected chi connectivity index (χ0v) is 16.0. The number of carbonyl (C=O) groups is 1. The Bertz CT molecular complexity index is 1080. The molecular weight excluding hydrogens is 382 g/mol. The predicted molar refractivity (Wildman–Crippen MR) is 105 cm³/mol. The van der Waals surface area contributed by atoms with Gasteiger partial charge in [0, 0.05) is 10.6 Å². The molecular formula is C19H17N3O3S2. The van der Waals surface area contributed by atoms with Gasteiger partial charge in [-0.25, -0.2) is 13.4 Å². The molecule has 1 atom stereocenters. The number of hydrogen-bond acceptors (Lipinski definition) is 5. The summed E-state index contributed by atoms with van der Waals surface area (Å²) in [5.41, 5.74) is 2.04. The van der Waals surface area contributed by atoms with Crippen LogP contribution in [0.1, 0.15) is 27.0 Å². The fraction of sp³-hybridized carbons (Fsp3) is 0.105. The number of anilines is 1. The molecule has 4 rings (SSSR count). The molecule has 0 spiro atoms. The standard InChI is InChI=1S/C19H17N3O3S2/c1-13-8-10-14(11-9-13)27(24,25)21-22-18(17-7-4-12-26-17)20-16-6-3-2-5-15(16)19(22)23/h2-12,18,20-21H,1H3/t18-/m0/s1. The van der Waals surface area contributed by atoms with Gasteiger partial charge in [0.25, 0.3) is 15.9 Å². The molecule has 1 aliphatic rings. The maximum atomic E-state index is 13.0. The number of fused-ring (bicyclic) bond motifs is 1. The Labute approximate surface area is 161 Å². The van der Waals surface area contributed by atoms with Crippen molar-refractivity contribution in [3.05, 3.63) is 82.0 Å². The van der Waals surface area contributed by atoms with Crippen molar-refractivity contribution in [2.24, 2.45) is 0 Å². The van der Waals surface area contributed by atoms with Crippen molar-refractivity contribution >= 4 is 33.0 Å². The molecule has 2 N–H and O–H groups in total. The quantitative estimate of drug-likeness (QED) is 0.704. The molecule has 6 nitrogen and oxygen atoms in total. The van der Waals surface area contributed by atoms with Crippen LogP contribution in [0.5, 0.6) is 0 Å². The van der Waals surface area contributed by atoms with Crippen LogP contribution in [0.25, 0.3) is 0 Å². The summed E-state index contributed by atoms with van der Waals surface area (Å²) in [5.74, 6) is -0.404. The minimum absolute atomic E-state index is 0.102. The molecule has 0 radical (unpaired) electrons. The van der Waals surface area contributed by atoms with Crippen LogP contribution in [0.3, 0.4) is 0 Å². The minimum Gasteiger partial charge on any atom is -0.359 e. The van der Waals surface area contributed by atoms with Gasteiger partial charge in [0.15, 0.2) is 6.17 Å². The van der Waals surface area contributed by atoms with Crippen LogP contribution in [0.2, 0.25) is 0 Å². The van der Waals surface area contributed by atoms with Gasteiger partial charge in [0.2, 0.25) is 0 Å². The third kappa shape index (κ3) is 3.34. The van der Waals surface area contributed by atoms with Gasteiger partial charge in [-0.05, 0) is 42.6 Å². The van der Waals surface area contributed by atoms with Crippen LogP contribution in [0.15, 0.2) is 70.9 Å². The van der Waals surface area contributed by atoms with Crippen LogP contribution >= 0.6 is 11.3 Å². The van der Waals surface area contributed by atoms with Crippen molar-refractivity contribution < 1.29 is 13.2 Å². The van der Waals surface area contributed by atoms with Gasteiger partial charge in [0.05, 0.1) is 10.5 Å². The van der Waals surface area contributed by atoms with Gasteiger partial charge in [-0.2, -0.15) is 0 Å². The lowest BCUT2D eigenvalue weighted by molar-refractivity contribution is 0.0636. The maximum absolute atomic E-state index is 13.0. The van der Waals surface area contributed by atoms with Crippen LogP contribution in [-0.2, 0) is 10.0 Å². The third-order valence-corrected chi connectivity index (χ3v) is 6.54. The highest BCUT2D eigenvalue weighted by atomic mass is 32.2. The molecule has 1 aliphatic heterocycles. The smallest absolute Gasteiger partial charge is 0.273 e. The van der Waals surface area contributed by atoms with E-state index in [-0.39, 0.29) is 4.90 Å². The van der Waals surface area contributed by atoms with Crippen molar-refractivity contribution in [3.63, 3.8) is 0 Å². The molecule has 2 heterocycles. The normalized spacial score (nSPS) is 16.7. The Morgan fingerprint density at radius 3 is 2.48 bits per heavy atom. The first-order chi connectivity index (χ1) is 13.0. The van der Waals surface area contributed by atoms with Gasteiger partial charge in [-0.1, -0.05) is 35.9 Å². The first kappa shape index (κ1) is 17.7. The van der Waals surface area contributed by atoms with Crippen molar-refractivity contribution in [2.45, 2.75) is 18.0 Å². The molecule has 8 heteroatoms. The lowest BCUT2D eigenvalue weighted by Crippen LogP contribution is -2.52. The van der Waals surface area contributed by atoms with Gasteiger partial charge in [0.1, 0.15) is 0 Å². The second-order valence-electron chi connectivity index (χ2n) is 6.19. The Balaban J connectivity index is 1.74. The van der Waals surface area contributed by atoms with E-state index in [1.54, 1.807) is 30.3 Å². The van der Waals surface area contributed by atoms with E-state index in [9.17, 15) is 13.2 Å². The van der Waals surface area contributed by atoms with Gasteiger partial charge in [-0.3, -0.25) is 4.79 Å². The molecule has 0 unspecified atom stereocenters. The lowest BCUT2D eigenvalue weighted by atomic mass is 10.1. The number of sulfonamides is 1. The summed E-state index contributed by atoms with van der Waals surface area (Å²) in [6.45, 7) is 1.88. The molecule has 138 valence electrons. The highest BCUT2D eigenvalue weighted by Crippen LogP contribution is 2.34. The second-order valence-corrected chi connectivity index (χ2v) is 8.83. The molecule has 0 saturated carbocycles. The third-order valence-electron chi connectivity index (χ3n) is 4.29. The average Bonchev–Trinajstić information content (AvgIpc) is 3.19. The number of nitrogens with zero attached hydrogens (tertiary/aromatic N) is 1. The zero-order valence-electron chi connectivity index (χ0n) is 14.4. The SMILES string of the molecule is Cc1ccc(S(=O)(=O)NN2C(=O)c3ccccc3N[C@@H]2c2cccs2)cc1. The Hall–Kier alpha value is -2.68. The number of thiophene rings is 1. The predicted octanol–water partition coefficient (Wildman–Crippen LogP) is 3.52. The molecule has 0 saturated heterocycles. The van der Waals surface area contributed by atoms with E-state index in [4.69, 9.17) is 0 Å². The second kappa shape index (κ2) is 6.80. The van der Waals surface area contributed by atoms with E-state index < -0.39 is 22.1 Å². The molecule has 1 aromatic heterocycles. The summed E-state index contributed by atoms with van der Waals surface area (Å²) in [6, 6.07) is 17.3. The number of para-hydroxylation sites is 1. The number of hydrazine groups is 1. The van der Waals surface area contributed by atoms with Gasteiger partial charge in [-0.15, -0.1) is 16.2 Å². The zero-order chi connectivity index (χ0) is 19.0. The number of benzene rings is 2. The monoisotopic (exact) mass is 399 g/mol. The summed E-state index contributed by atoms with van der Waals surface area (Å²) in [7, 11) is -3.92. The fourth-order valence-electron chi connectivity index (χ4n) is 2.89. The summed E-state index contributed by atoms with van der Waals surface area (Å²) < 4.78 is 25.7. The number of amides is 1. The topological polar surface area (TPSA) is 78.5 Å². The Morgan fingerprint density at radius 1 is 1.04 bits per heavy atom. The molecule has 2 aromatic carbocycles. The van der Waals surface area contributed by atoms with E-state index in [1.807, 2.05) is 30.5 Å². The van der Waals surface area contributed by atoms with Crippen LogP contribution in [-0.4, -0.2) is 19.3 Å². The lowest BCUT2D eigenvalue weighted by Gasteiger charge is -2.36. The van der Waals surface area contributed by atoms with E-state index in [0.29, 0.717) is 11.3 Å². The summed E-state index contributed by atoms with van der Waals surface area (Å²) in [6.07, 6.45) is -0.632. The molecule has 0 fully saturated rings. The highest BCUT2D eigenvalue weighted by Gasteiger charge is 2.36. The van der Waals surface area contributed by atoms with Crippen molar-refractivity contribution in [1.82, 2.24) is 9.84 Å². The van der Waals surface area contributed by atoms with E-state index >= 15 is 0 Å². The maximum Gasteiger partial charge on any atom is 0.273 e. The van der Waals surface area contributed by atoms with Gasteiger partial charge >= 0.3 is 0 Å². The Kier molecular flexibility index (Phi) is 4.47. The number of nitrogens with one attached hydrogen (secondary N) is 2. The van der Waals surface area contributed by atoms with E-state index in [0.717, 1.165) is 15.4 Å². The van der Waals surface area contributed by atoms with E-state index in [2.05, 4.69) is 10.1 Å².